The van der Waals surface area contributed by atoms with E-state index in [9.17, 15) is 19.5 Å². The third kappa shape index (κ3) is 8.84. The third-order valence-corrected chi connectivity index (χ3v) is 18.0. The fraction of sp³-hybridized carbons (Fsp3) is 0.518. The smallest absolute Gasteiger partial charge is 0.282 e. The highest BCUT2D eigenvalue weighted by molar-refractivity contribution is 7.13. The van der Waals surface area contributed by atoms with Gasteiger partial charge >= 0.3 is 0 Å². The Labute approximate surface area is 425 Å². The van der Waals surface area contributed by atoms with Gasteiger partial charge in [-0.2, -0.15) is 4.98 Å². The molecule has 13 nitrogen and oxygen atoms in total. The maximum Gasteiger partial charge on any atom is 0.282 e. The summed E-state index contributed by atoms with van der Waals surface area (Å²) in [5, 5.41) is 24.5. The molecule has 0 spiro atoms. The van der Waals surface area contributed by atoms with E-state index < -0.39 is 29.0 Å². The van der Waals surface area contributed by atoms with Gasteiger partial charge in [-0.3, -0.25) is 19.0 Å². The zero-order valence-corrected chi connectivity index (χ0v) is 43.4. The van der Waals surface area contributed by atoms with Crippen molar-refractivity contribution in [3.05, 3.63) is 121 Å². The van der Waals surface area contributed by atoms with E-state index in [1.165, 1.54) is 21.6 Å². The van der Waals surface area contributed by atoms with Crippen LogP contribution in [0.1, 0.15) is 156 Å². The Bertz CT molecular complexity index is 3080. The molecule has 3 aromatic heterocycles. The lowest BCUT2D eigenvalue weighted by molar-refractivity contribution is -0.144. The van der Waals surface area contributed by atoms with Gasteiger partial charge in [0.15, 0.2) is 0 Å². The molecule has 6 heterocycles. The Kier molecular flexibility index (Phi) is 12.6. The first-order valence-electron chi connectivity index (χ1n) is 25.9. The second kappa shape index (κ2) is 18.6. The van der Waals surface area contributed by atoms with Gasteiger partial charge in [0.25, 0.3) is 5.56 Å². The number of aliphatic hydroxyl groups is 1. The van der Waals surface area contributed by atoms with Gasteiger partial charge in [-0.15, -0.1) is 16.4 Å². The number of aromatic nitrogens is 6. The molecule has 15 heteroatoms. The Balaban J connectivity index is 0.705. The summed E-state index contributed by atoms with van der Waals surface area (Å²) in [6.45, 7) is 15.7. The van der Waals surface area contributed by atoms with Gasteiger partial charge < -0.3 is 20.2 Å². The molecule has 2 N–H and O–H groups in total. The third-order valence-electron chi connectivity index (χ3n) is 16.7. The molecule has 71 heavy (non-hydrogen) atoms. The van der Waals surface area contributed by atoms with Crippen LogP contribution < -0.4 is 10.9 Å². The summed E-state index contributed by atoms with van der Waals surface area (Å²) < 4.78 is 3.88. The van der Waals surface area contributed by atoms with E-state index in [0.29, 0.717) is 22.2 Å². The minimum absolute atomic E-state index is 0.100. The van der Waals surface area contributed by atoms with Crippen molar-refractivity contribution in [1.82, 2.24) is 44.6 Å². The van der Waals surface area contributed by atoms with Crippen LogP contribution in [0.25, 0.3) is 27.0 Å². The van der Waals surface area contributed by atoms with Gasteiger partial charge in [-0.1, -0.05) is 67.9 Å². The number of hydrogen-bond donors (Lipinski definition) is 2. The molecule has 0 bridgehead atoms. The monoisotopic (exact) mass is 995 g/mol. The lowest BCUT2D eigenvalue weighted by Gasteiger charge is -2.36. The predicted molar refractivity (Wildman–Crippen MR) is 278 cm³/mol. The molecule has 3 aromatic carbocycles. The van der Waals surface area contributed by atoms with E-state index >= 15 is 0 Å². The van der Waals surface area contributed by atoms with Gasteiger partial charge in [-0.25, -0.2) is 9.67 Å². The number of amides is 2. The number of rotatable bonds is 9. The Morgan fingerprint density at radius 3 is 2.52 bits per heavy atom. The number of carbonyl (C=O) groups is 2. The summed E-state index contributed by atoms with van der Waals surface area (Å²) in [6, 6.07) is 17.4. The molecule has 11 rings (SSSR count). The number of benzene rings is 3. The minimum Gasteiger partial charge on any atom is -0.391 e. The molecule has 372 valence electrons. The number of thiazole rings is 1. The first-order valence-corrected chi connectivity index (χ1v) is 27.1. The molecule has 2 aliphatic carbocycles. The van der Waals surface area contributed by atoms with Crippen molar-refractivity contribution in [2.75, 3.05) is 26.2 Å². The Morgan fingerprint density at radius 1 is 0.986 bits per heavy atom. The first-order chi connectivity index (χ1) is 34.0. The number of fused-ring (bicyclic) bond motifs is 6. The number of piperidine rings is 1. The molecular weight excluding hydrogens is 930 g/mol. The quantitative estimate of drug-likeness (QED) is 0.144. The van der Waals surface area contributed by atoms with Crippen molar-refractivity contribution in [1.29, 1.82) is 0 Å². The predicted octanol–water partition coefficient (Wildman–Crippen LogP) is 9.60. The van der Waals surface area contributed by atoms with E-state index in [4.69, 9.17) is 16.7 Å². The van der Waals surface area contributed by atoms with Crippen LogP contribution in [-0.4, -0.2) is 94.6 Å². The van der Waals surface area contributed by atoms with Gasteiger partial charge in [0.1, 0.15) is 17.9 Å². The zero-order valence-electron chi connectivity index (χ0n) is 41.8. The number of nitrogens with one attached hydrogen (secondary N) is 1. The van der Waals surface area contributed by atoms with Crippen LogP contribution in [0.4, 0.5) is 0 Å². The van der Waals surface area contributed by atoms with E-state index in [1.54, 1.807) is 27.0 Å². The van der Waals surface area contributed by atoms with Crippen LogP contribution in [0.2, 0.25) is 5.02 Å². The fourth-order valence-electron chi connectivity index (χ4n) is 12.9. The second-order valence-electron chi connectivity index (χ2n) is 22.8. The number of nitrogens with zero attached hydrogens (tertiary/aromatic N) is 8. The summed E-state index contributed by atoms with van der Waals surface area (Å²) in [4.78, 5) is 56.5. The van der Waals surface area contributed by atoms with Crippen molar-refractivity contribution in [2.24, 2.45) is 11.3 Å². The van der Waals surface area contributed by atoms with Crippen LogP contribution in [0.5, 0.6) is 0 Å². The average molecular weight is 997 g/mol. The van der Waals surface area contributed by atoms with E-state index in [0.717, 1.165) is 117 Å². The molecule has 6 aromatic rings. The van der Waals surface area contributed by atoms with Gasteiger partial charge in [0.05, 0.1) is 60.9 Å². The van der Waals surface area contributed by atoms with Crippen molar-refractivity contribution < 1.29 is 14.7 Å². The maximum atomic E-state index is 14.7. The summed E-state index contributed by atoms with van der Waals surface area (Å²) in [5.74, 6) is 1.67. The molecule has 1 saturated carbocycles. The summed E-state index contributed by atoms with van der Waals surface area (Å²) in [7, 11) is 0. The highest BCUT2D eigenvalue weighted by atomic mass is 35.5. The molecule has 2 amide bonds. The van der Waals surface area contributed by atoms with E-state index in [1.807, 2.05) is 51.5 Å². The Morgan fingerprint density at radius 2 is 1.77 bits per heavy atom. The maximum absolute atomic E-state index is 14.7. The van der Waals surface area contributed by atoms with Crippen LogP contribution in [0.3, 0.4) is 0 Å². The SMILES string of the molecule is Cc1ncsc1-c1ccc2c(c1)CCC[C@@H]2NC(=O)[C@@H]1C[C@@H](O)CN1C(=O)[C@@H](n1cc(C2CCC(CN3CCC(c4ccc5c(c4)-n4c(nc(=O)c6c(Cl)cccc64)C5(C)C)CC3)CC2)nn1)C(C)(C)C. The first kappa shape index (κ1) is 48.0. The van der Waals surface area contributed by atoms with Crippen LogP contribution >= 0.6 is 22.9 Å². The summed E-state index contributed by atoms with van der Waals surface area (Å²) >= 11 is 8.19. The largest absolute Gasteiger partial charge is 0.391 e. The number of carbonyl (C=O) groups excluding carboxylic acids is 2. The molecule has 0 unspecified atom stereocenters. The minimum atomic E-state index is -0.793. The number of aliphatic hydroxyl groups excluding tert-OH is 1. The lowest BCUT2D eigenvalue weighted by atomic mass is 9.80. The molecule has 4 atom stereocenters. The number of aryl methyl sites for hydroxylation is 2. The van der Waals surface area contributed by atoms with Crippen LogP contribution in [-0.2, 0) is 21.4 Å². The fourth-order valence-corrected chi connectivity index (χ4v) is 13.9. The second-order valence-corrected chi connectivity index (χ2v) is 24.1. The number of β-amino-alcohol motifs (C(OH)–C–C–N with tert-alkyl or cyclic N) is 1. The zero-order chi connectivity index (χ0) is 49.5. The normalized spacial score (nSPS) is 23.9. The number of hydrogen-bond acceptors (Lipinski definition) is 10. The van der Waals surface area contributed by atoms with Gasteiger partial charge in [-0.05, 0) is 161 Å². The van der Waals surface area contributed by atoms with Crippen LogP contribution in [0, 0.1) is 18.3 Å². The number of likely N-dealkylation sites (tertiary alicyclic amines) is 2. The topological polar surface area (TPSA) is 151 Å². The molecule has 3 aliphatic heterocycles. The Hall–Kier alpha value is -5.28. The molecule has 3 fully saturated rings. The summed E-state index contributed by atoms with van der Waals surface area (Å²) in [5.41, 5.74) is 10.5. The van der Waals surface area contributed by atoms with Crippen molar-refractivity contribution >= 4 is 45.7 Å². The number of halogens is 1. The van der Waals surface area contributed by atoms with Crippen molar-refractivity contribution in [2.45, 2.75) is 147 Å². The van der Waals surface area contributed by atoms with Gasteiger partial charge in [0, 0.05) is 31.6 Å². The highest BCUT2D eigenvalue weighted by Crippen LogP contribution is 2.46. The molecule has 5 aliphatic rings. The summed E-state index contributed by atoms with van der Waals surface area (Å²) in [6.07, 6.45) is 10.6. The van der Waals surface area contributed by atoms with E-state index in [-0.39, 0.29) is 42.3 Å². The molecule has 0 radical (unpaired) electrons. The average Bonchev–Trinajstić information content (AvgIpc) is 4.14. The standard InChI is InChI=1S/C56H66ClN9O4S/c1-32-49(71-31-58-32)38-17-19-40-37(25-38)9-7-11-43(40)59-51(68)47-27-39(67)29-64(47)53(70)50(55(2,3)4)65-30-44(61-62-65)35-15-13-33(14-16-35)28-63-23-21-34(22-24-63)36-18-20-41-46(26-36)66-45-12-8-10-42(57)48(45)52(69)60-54(66)56(41,5)6/h8,10,12,17-20,25-26,30-31,33-35,39,43,47,50,67H,7,9,11,13-16,21-24,27-29H2,1-6H3,(H,59,68)/t33?,35?,39-,43+,47+,50-/m1/s1. The van der Waals surface area contributed by atoms with Gasteiger partial charge in [0.2, 0.25) is 11.8 Å². The van der Waals surface area contributed by atoms with Crippen molar-refractivity contribution in [3.63, 3.8) is 0 Å². The molecule has 2 saturated heterocycles. The van der Waals surface area contributed by atoms with E-state index in [2.05, 4.69) is 80.2 Å². The molecular formula is C56H66ClN9O4S. The van der Waals surface area contributed by atoms with Crippen LogP contribution in [0.15, 0.2) is 71.1 Å². The lowest BCUT2D eigenvalue weighted by Crippen LogP contribution is -2.51. The highest BCUT2D eigenvalue weighted by Gasteiger charge is 2.46. The van der Waals surface area contributed by atoms with Crippen molar-refractivity contribution in [3.8, 4) is 16.1 Å².